The Morgan fingerprint density at radius 2 is 1.82 bits per heavy atom. The molecule has 1 amide bonds. The zero-order valence-corrected chi connectivity index (χ0v) is 11.9. The Kier molecular flexibility index (Phi) is 5.65. The largest absolute Gasteiger partial charge is 0.343 e. The van der Waals surface area contributed by atoms with Gasteiger partial charge in [0, 0.05) is 30.0 Å². The highest BCUT2D eigenvalue weighted by atomic mass is 79.9. The average molecular weight is 299 g/mol. The molecule has 0 saturated heterocycles. The normalized spacial score (nSPS) is 12.2. The van der Waals surface area contributed by atoms with Gasteiger partial charge in [0.1, 0.15) is 0 Å². The van der Waals surface area contributed by atoms with Crippen LogP contribution in [-0.4, -0.2) is 23.9 Å². The minimum absolute atomic E-state index is 0.116. The Bertz CT molecular complexity index is 360. The van der Waals surface area contributed by atoms with Crippen LogP contribution in [0.5, 0.6) is 0 Å². The van der Waals surface area contributed by atoms with Gasteiger partial charge in [-0.25, -0.2) is 0 Å². The van der Waals surface area contributed by atoms with Gasteiger partial charge in [-0.15, -0.1) is 0 Å². The van der Waals surface area contributed by atoms with E-state index in [1.54, 1.807) is 4.90 Å². The van der Waals surface area contributed by atoms with Crippen molar-refractivity contribution < 1.29 is 4.79 Å². The van der Waals surface area contributed by atoms with Crippen molar-refractivity contribution in [2.75, 3.05) is 13.1 Å². The van der Waals surface area contributed by atoms with Gasteiger partial charge in [-0.1, -0.05) is 28.1 Å². The number of rotatable bonds is 5. The summed E-state index contributed by atoms with van der Waals surface area (Å²) in [6, 6.07) is 7.55. The summed E-state index contributed by atoms with van der Waals surface area (Å²) in [5.41, 5.74) is 7.02. The van der Waals surface area contributed by atoms with Crippen LogP contribution in [0, 0.1) is 0 Å². The predicted octanol–water partition coefficient (Wildman–Crippen LogP) is 2.71. The third-order valence-electron chi connectivity index (χ3n) is 2.81. The Morgan fingerprint density at radius 1 is 1.29 bits per heavy atom. The maximum atomic E-state index is 11.9. The van der Waals surface area contributed by atoms with Crippen LogP contribution in [0.1, 0.15) is 31.9 Å². The molecule has 0 fully saturated rings. The molecule has 3 nitrogen and oxygen atoms in total. The van der Waals surface area contributed by atoms with Gasteiger partial charge in [-0.3, -0.25) is 4.79 Å². The highest BCUT2D eigenvalue weighted by Gasteiger charge is 2.15. The molecule has 0 aliphatic rings. The molecule has 17 heavy (non-hydrogen) atoms. The topological polar surface area (TPSA) is 46.3 Å². The third kappa shape index (κ3) is 4.13. The van der Waals surface area contributed by atoms with Gasteiger partial charge in [0.05, 0.1) is 0 Å². The van der Waals surface area contributed by atoms with Crippen LogP contribution in [0.25, 0.3) is 0 Å². The molecule has 1 atom stereocenters. The standard InChI is InChI=1S/C13H19BrN2O/c1-3-16(4-2)13(17)9-12(15)10-5-7-11(14)8-6-10/h5-8,12H,3-4,9,15H2,1-2H3. The first-order chi connectivity index (χ1) is 8.08. The van der Waals surface area contributed by atoms with Crippen LogP contribution in [0.2, 0.25) is 0 Å². The maximum absolute atomic E-state index is 11.9. The van der Waals surface area contributed by atoms with Crippen molar-refractivity contribution in [2.24, 2.45) is 5.73 Å². The zero-order valence-electron chi connectivity index (χ0n) is 10.3. The monoisotopic (exact) mass is 298 g/mol. The van der Waals surface area contributed by atoms with Crippen LogP contribution in [0.15, 0.2) is 28.7 Å². The van der Waals surface area contributed by atoms with Crippen LogP contribution in [0.3, 0.4) is 0 Å². The summed E-state index contributed by atoms with van der Waals surface area (Å²) in [6.07, 6.45) is 0.364. The van der Waals surface area contributed by atoms with Crippen LogP contribution < -0.4 is 5.73 Å². The fourth-order valence-corrected chi connectivity index (χ4v) is 1.99. The average Bonchev–Trinajstić information content (AvgIpc) is 2.31. The number of carbonyl (C=O) groups is 1. The van der Waals surface area contributed by atoms with E-state index in [9.17, 15) is 4.79 Å². The van der Waals surface area contributed by atoms with E-state index in [4.69, 9.17) is 5.73 Å². The second-order valence-corrected chi connectivity index (χ2v) is 4.84. The smallest absolute Gasteiger partial charge is 0.224 e. The summed E-state index contributed by atoms with van der Waals surface area (Å²) < 4.78 is 1.02. The molecule has 4 heteroatoms. The Hall–Kier alpha value is -0.870. The minimum Gasteiger partial charge on any atom is -0.343 e. The molecule has 0 bridgehead atoms. The lowest BCUT2D eigenvalue weighted by Crippen LogP contribution is -2.32. The highest BCUT2D eigenvalue weighted by Crippen LogP contribution is 2.18. The molecule has 0 saturated carbocycles. The van der Waals surface area contributed by atoms with Gasteiger partial charge >= 0.3 is 0 Å². The lowest BCUT2D eigenvalue weighted by Gasteiger charge is -2.21. The first kappa shape index (κ1) is 14.2. The Balaban J connectivity index is 2.62. The van der Waals surface area contributed by atoms with E-state index in [0.717, 1.165) is 23.1 Å². The van der Waals surface area contributed by atoms with Gasteiger partial charge in [0.25, 0.3) is 0 Å². The molecule has 0 spiro atoms. The summed E-state index contributed by atoms with van der Waals surface area (Å²) in [5.74, 6) is 0.116. The summed E-state index contributed by atoms with van der Waals surface area (Å²) in [6.45, 7) is 5.43. The van der Waals surface area contributed by atoms with E-state index in [-0.39, 0.29) is 11.9 Å². The van der Waals surface area contributed by atoms with E-state index in [2.05, 4.69) is 15.9 Å². The van der Waals surface area contributed by atoms with Crippen molar-refractivity contribution in [3.8, 4) is 0 Å². The van der Waals surface area contributed by atoms with Crippen molar-refractivity contribution in [1.29, 1.82) is 0 Å². The predicted molar refractivity (Wildman–Crippen MR) is 73.6 cm³/mol. The molecule has 94 valence electrons. The summed E-state index contributed by atoms with van der Waals surface area (Å²) in [7, 11) is 0. The molecule has 0 heterocycles. The Morgan fingerprint density at radius 3 is 2.29 bits per heavy atom. The first-order valence-corrected chi connectivity index (χ1v) is 6.66. The molecule has 1 aromatic rings. The van der Waals surface area contributed by atoms with Crippen molar-refractivity contribution in [3.05, 3.63) is 34.3 Å². The van der Waals surface area contributed by atoms with Crippen molar-refractivity contribution >= 4 is 21.8 Å². The van der Waals surface area contributed by atoms with E-state index in [0.29, 0.717) is 6.42 Å². The second-order valence-electron chi connectivity index (χ2n) is 3.93. The van der Waals surface area contributed by atoms with E-state index < -0.39 is 0 Å². The lowest BCUT2D eigenvalue weighted by molar-refractivity contribution is -0.131. The number of benzene rings is 1. The Labute approximate surface area is 111 Å². The summed E-state index contributed by atoms with van der Waals surface area (Å²) in [5, 5.41) is 0. The molecule has 1 unspecified atom stereocenters. The van der Waals surface area contributed by atoms with E-state index in [1.807, 2.05) is 38.1 Å². The van der Waals surface area contributed by atoms with Crippen molar-refractivity contribution in [3.63, 3.8) is 0 Å². The summed E-state index contributed by atoms with van der Waals surface area (Å²) >= 11 is 3.38. The molecule has 0 aromatic heterocycles. The molecular weight excluding hydrogens is 280 g/mol. The number of halogens is 1. The maximum Gasteiger partial charge on any atom is 0.224 e. The molecule has 0 aliphatic heterocycles. The fraction of sp³-hybridized carbons (Fsp3) is 0.462. The number of nitrogens with two attached hydrogens (primary N) is 1. The zero-order chi connectivity index (χ0) is 12.8. The first-order valence-electron chi connectivity index (χ1n) is 5.87. The quantitative estimate of drug-likeness (QED) is 0.908. The van der Waals surface area contributed by atoms with Gasteiger partial charge in [0.15, 0.2) is 0 Å². The SMILES string of the molecule is CCN(CC)C(=O)CC(N)c1ccc(Br)cc1. The highest BCUT2D eigenvalue weighted by molar-refractivity contribution is 9.10. The number of hydrogen-bond donors (Lipinski definition) is 1. The summed E-state index contributed by atoms with van der Waals surface area (Å²) in [4.78, 5) is 13.7. The van der Waals surface area contributed by atoms with Gasteiger partial charge in [-0.2, -0.15) is 0 Å². The van der Waals surface area contributed by atoms with Crippen LogP contribution >= 0.6 is 15.9 Å². The second kappa shape index (κ2) is 6.77. The number of carbonyl (C=O) groups excluding carboxylic acids is 1. The third-order valence-corrected chi connectivity index (χ3v) is 3.34. The van der Waals surface area contributed by atoms with Crippen molar-refractivity contribution in [2.45, 2.75) is 26.3 Å². The molecule has 0 aliphatic carbocycles. The van der Waals surface area contributed by atoms with E-state index in [1.165, 1.54) is 0 Å². The number of hydrogen-bond acceptors (Lipinski definition) is 2. The minimum atomic E-state index is -0.226. The van der Waals surface area contributed by atoms with Gasteiger partial charge in [-0.05, 0) is 31.5 Å². The number of nitrogens with zero attached hydrogens (tertiary/aromatic N) is 1. The molecule has 1 rings (SSSR count). The van der Waals surface area contributed by atoms with Gasteiger partial charge in [0.2, 0.25) is 5.91 Å². The van der Waals surface area contributed by atoms with E-state index >= 15 is 0 Å². The molecular formula is C13H19BrN2O. The lowest BCUT2D eigenvalue weighted by atomic mass is 10.0. The van der Waals surface area contributed by atoms with Gasteiger partial charge < -0.3 is 10.6 Å². The molecule has 2 N–H and O–H groups in total. The van der Waals surface area contributed by atoms with Crippen LogP contribution in [-0.2, 0) is 4.79 Å². The van der Waals surface area contributed by atoms with Crippen LogP contribution in [0.4, 0.5) is 0 Å². The molecule has 0 radical (unpaired) electrons. The molecule has 1 aromatic carbocycles. The van der Waals surface area contributed by atoms with Crippen molar-refractivity contribution in [1.82, 2.24) is 4.90 Å². The fourth-order valence-electron chi connectivity index (χ4n) is 1.72. The number of amides is 1.